The number of rotatable bonds is 11. The molecular weight excluding hydrogens is 344 g/mol. The van der Waals surface area contributed by atoms with Crippen LogP contribution < -0.4 is 0 Å². The molecule has 1 amide bonds. The minimum absolute atomic E-state index is 0.168. The number of carbonyl (C=O) groups excluding carboxylic acids is 2. The average Bonchev–Trinajstić information content (AvgIpc) is 2.63. The van der Waals surface area contributed by atoms with Crippen LogP contribution in [0.5, 0.6) is 0 Å². The first-order valence-electron chi connectivity index (χ1n) is 9.68. The highest BCUT2D eigenvalue weighted by Crippen LogP contribution is 2.09. The molecule has 27 heavy (non-hydrogen) atoms. The second-order valence-electron chi connectivity index (χ2n) is 7.30. The fraction of sp³-hybridized carbons (Fsp3) is 0.700. The molecule has 1 saturated heterocycles. The minimum atomic E-state index is -0.223. The first-order valence-corrected chi connectivity index (χ1v) is 9.68. The zero-order valence-corrected chi connectivity index (χ0v) is 17.6. The molecule has 1 rings (SSSR count). The van der Waals surface area contributed by atoms with E-state index in [1.807, 2.05) is 56.6 Å². The van der Waals surface area contributed by atoms with Crippen molar-refractivity contribution in [2.45, 2.75) is 38.6 Å². The molecule has 0 aromatic carbocycles. The van der Waals surface area contributed by atoms with Crippen molar-refractivity contribution < 1.29 is 14.3 Å². The Balaban J connectivity index is 2.21. The van der Waals surface area contributed by atoms with Crippen LogP contribution in [0.1, 0.15) is 32.6 Å². The summed E-state index contributed by atoms with van der Waals surface area (Å²) in [7, 11) is 7.95. The number of nitrogens with zero attached hydrogens (tertiary/aromatic N) is 4. The van der Waals surface area contributed by atoms with Crippen LogP contribution in [-0.4, -0.2) is 91.9 Å². The summed E-state index contributed by atoms with van der Waals surface area (Å²) in [5, 5.41) is 0. The Morgan fingerprint density at radius 3 is 2.59 bits per heavy atom. The van der Waals surface area contributed by atoms with E-state index in [1.54, 1.807) is 4.90 Å². The van der Waals surface area contributed by atoms with Crippen LogP contribution in [0.3, 0.4) is 0 Å². The summed E-state index contributed by atoms with van der Waals surface area (Å²) >= 11 is 0. The molecule has 0 aromatic rings. The van der Waals surface area contributed by atoms with Crippen molar-refractivity contribution in [2.24, 2.45) is 0 Å². The summed E-state index contributed by atoms with van der Waals surface area (Å²) in [6.45, 7) is 4.28. The third-order valence-electron chi connectivity index (χ3n) is 4.58. The number of amides is 1. The molecule has 7 heteroatoms. The number of hydrogen-bond donors (Lipinski definition) is 0. The van der Waals surface area contributed by atoms with Gasteiger partial charge in [0.1, 0.15) is 6.61 Å². The van der Waals surface area contributed by atoms with Gasteiger partial charge in [-0.1, -0.05) is 0 Å². The maximum absolute atomic E-state index is 11.9. The number of esters is 1. The Morgan fingerprint density at radius 2 is 1.93 bits per heavy atom. The van der Waals surface area contributed by atoms with E-state index in [-0.39, 0.29) is 24.5 Å². The Hall–Kier alpha value is -2.18. The molecule has 0 aliphatic carbocycles. The van der Waals surface area contributed by atoms with Crippen molar-refractivity contribution in [2.75, 3.05) is 54.4 Å². The molecule has 0 spiro atoms. The van der Waals surface area contributed by atoms with E-state index in [4.69, 9.17) is 4.74 Å². The summed E-state index contributed by atoms with van der Waals surface area (Å²) in [6, 6.07) is 0.248. The Labute approximate surface area is 164 Å². The molecule has 0 saturated carbocycles. The van der Waals surface area contributed by atoms with Crippen molar-refractivity contribution in [1.29, 1.82) is 0 Å². The second kappa shape index (κ2) is 12.3. The van der Waals surface area contributed by atoms with Gasteiger partial charge in [0.05, 0.1) is 13.0 Å². The third kappa shape index (κ3) is 9.92. The molecule has 1 heterocycles. The molecule has 1 aliphatic rings. The van der Waals surface area contributed by atoms with E-state index in [9.17, 15) is 9.59 Å². The van der Waals surface area contributed by atoms with E-state index in [0.29, 0.717) is 25.9 Å². The smallest absolute Gasteiger partial charge is 0.307 e. The van der Waals surface area contributed by atoms with Gasteiger partial charge in [0.25, 0.3) is 0 Å². The summed E-state index contributed by atoms with van der Waals surface area (Å²) in [5.74, 6) is -0.0551. The normalized spacial score (nSPS) is 16.0. The molecule has 1 unspecified atom stereocenters. The maximum Gasteiger partial charge on any atom is 0.307 e. The predicted molar refractivity (Wildman–Crippen MR) is 108 cm³/mol. The van der Waals surface area contributed by atoms with Crippen molar-refractivity contribution in [1.82, 2.24) is 19.6 Å². The lowest BCUT2D eigenvalue weighted by Gasteiger charge is -2.26. The number of likely N-dealkylation sites (N-methyl/N-ethyl adjacent to an activating group) is 1. The van der Waals surface area contributed by atoms with Crippen molar-refractivity contribution in [3.63, 3.8) is 0 Å². The van der Waals surface area contributed by atoms with Crippen LogP contribution in [0.25, 0.3) is 0 Å². The predicted octanol–water partition coefficient (Wildman–Crippen LogP) is 1.73. The van der Waals surface area contributed by atoms with Gasteiger partial charge in [-0.3, -0.25) is 9.59 Å². The van der Waals surface area contributed by atoms with Gasteiger partial charge < -0.3 is 24.3 Å². The lowest BCUT2D eigenvalue weighted by atomic mass is 10.1. The van der Waals surface area contributed by atoms with Crippen LogP contribution in [0, 0.1) is 0 Å². The molecule has 0 radical (unpaired) electrons. The van der Waals surface area contributed by atoms with Gasteiger partial charge in [0, 0.05) is 66.1 Å². The van der Waals surface area contributed by atoms with Crippen molar-refractivity contribution in [3.05, 3.63) is 24.7 Å². The first kappa shape index (κ1) is 22.9. The summed E-state index contributed by atoms with van der Waals surface area (Å²) in [6.07, 6.45) is 11.1. The molecule has 1 atom stereocenters. The number of ether oxygens (including phenoxy) is 1. The van der Waals surface area contributed by atoms with Crippen molar-refractivity contribution in [3.8, 4) is 0 Å². The SMILES string of the molecule is CC(/C=C/N(C)CCC(=O)OCCN1CCCCC1=O)N(C)/C=C/N(C)C. The van der Waals surface area contributed by atoms with E-state index in [0.717, 1.165) is 19.4 Å². The van der Waals surface area contributed by atoms with Crippen LogP contribution >= 0.6 is 0 Å². The molecule has 1 fully saturated rings. The Bertz CT molecular complexity index is 519. The van der Waals surface area contributed by atoms with Crippen LogP contribution in [0.2, 0.25) is 0 Å². The topological polar surface area (TPSA) is 56.3 Å². The van der Waals surface area contributed by atoms with E-state index in [1.165, 1.54) is 0 Å². The van der Waals surface area contributed by atoms with Gasteiger partial charge in [0.15, 0.2) is 0 Å². The van der Waals surface area contributed by atoms with Crippen LogP contribution in [0.4, 0.5) is 0 Å². The highest BCUT2D eigenvalue weighted by Gasteiger charge is 2.17. The minimum Gasteiger partial charge on any atom is -0.464 e. The van der Waals surface area contributed by atoms with Gasteiger partial charge >= 0.3 is 5.97 Å². The van der Waals surface area contributed by atoms with Gasteiger partial charge in [0.2, 0.25) is 5.91 Å². The van der Waals surface area contributed by atoms with Gasteiger partial charge in [-0.25, -0.2) is 0 Å². The Morgan fingerprint density at radius 1 is 1.19 bits per heavy atom. The summed E-state index contributed by atoms with van der Waals surface area (Å²) < 4.78 is 5.26. The van der Waals surface area contributed by atoms with Gasteiger partial charge in [-0.15, -0.1) is 0 Å². The molecular formula is C20H36N4O3. The monoisotopic (exact) mass is 380 g/mol. The van der Waals surface area contributed by atoms with Crippen LogP contribution in [0.15, 0.2) is 24.7 Å². The van der Waals surface area contributed by atoms with Crippen LogP contribution in [-0.2, 0) is 14.3 Å². The standard InChI is InChI=1S/C20H36N4O3/c1-18(23(5)15-14-21(2)3)9-12-22(4)13-10-20(26)27-17-16-24-11-7-6-8-19(24)25/h9,12,14-15,18H,6-8,10-11,13,16-17H2,1-5H3/b12-9+,15-14+. The van der Waals surface area contributed by atoms with Crippen molar-refractivity contribution >= 4 is 11.9 Å². The van der Waals surface area contributed by atoms with Gasteiger partial charge in [-0.05, 0) is 32.0 Å². The summed E-state index contributed by atoms with van der Waals surface area (Å²) in [5.41, 5.74) is 0. The lowest BCUT2D eigenvalue weighted by Crippen LogP contribution is -2.38. The largest absolute Gasteiger partial charge is 0.464 e. The highest BCUT2D eigenvalue weighted by atomic mass is 16.5. The zero-order valence-electron chi connectivity index (χ0n) is 17.6. The number of carbonyl (C=O) groups is 2. The molecule has 154 valence electrons. The molecule has 0 bridgehead atoms. The fourth-order valence-electron chi connectivity index (χ4n) is 2.56. The zero-order chi connectivity index (χ0) is 20.2. The van der Waals surface area contributed by atoms with E-state index >= 15 is 0 Å². The third-order valence-corrected chi connectivity index (χ3v) is 4.58. The maximum atomic E-state index is 11.9. The number of likely N-dealkylation sites (tertiary alicyclic amines) is 1. The quantitative estimate of drug-likeness (QED) is 0.509. The second-order valence-corrected chi connectivity index (χ2v) is 7.30. The van der Waals surface area contributed by atoms with E-state index in [2.05, 4.69) is 17.9 Å². The lowest BCUT2D eigenvalue weighted by molar-refractivity contribution is -0.146. The average molecular weight is 381 g/mol. The summed E-state index contributed by atoms with van der Waals surface area (Å²) in [4.78, 5) is 31.4. The molecule has 0 N–H and O–H groups in total. The number of piperidine rings is 1. The van der Waals surface area contributed by atoms with Gasteiger partial charge in [-0.2, -0.15) is 0 Å². The molecule has 0 aromatic heterocycles. The van der Waals surface area contributed by atoms with E-state index < -0.39 is 0 Å². The number of hydrogen-bond acceptors (Lipinski definition) is 6. The molecule has 1 aliphatic heterocycles. The molecule has 7 nitrogen and oxygen atoms in total. The Kier molecular flexibility index (Phi) is 10.4. The fourth-order valence-corrected chi connectivity index (χ4v) is 2.56. The first-order chi connectivity index (χ1) is 12.8. The highest BCUT2D eigenvalue weighted by molar-refractivity contribution is 5.76.